The fourth-order valence-electron chi connectivity index (χ4n) is 6.20. The lowest BCUT2D eigenvalue weighted by atomic mass is 9.49. The third-order valence-electron chi connectivity index (χ3n) is 6.99. The zero-order chi connectivity index (χ0) is 19.7. The summed E-state index contributed by atoms with van der Waals surface area (Å²) < 4.78 is 0. The van der Waals surface area contributed by atoms with Crippen molar-refractivity contribution in [3.05, 3.63) is 35.4 Å². The van der Waals surface area contributed by atoms with Crippen LogP contribution in [0.4, 0.5) is 0 Å². The molecule has 1 aromatic rings. The highest BCUT2D eigenvalue weighted by molar-refractivity contribution is 5.98. The van der Waals surface area contributed by atoms with Gasteiger partial charge in [0.05, 0.1) is 0 Å². The maximum Gasteiger partial charge on any atom is 0.238 e. The normalized spacial score (nSPS) is 30.1. The van der Waals surface area contributed by atoms with Crippen LogP contribution in [0.5, 0.6) is 0 Å². The Morgan fingerprint density at radius 1 is 0.857 bits per heavy atom. The lowest BCUT2D eigenvalue weighted by Gasteiger charge is -2.56. The lowest BCUT2D eigenvalue weighted by molar-refractivity contribution is -0.134. The summed E-state index contributed by atoms with van der Waals surface area (Å²) in [5.74, 6) is 1.94. The van der Waals surface area contributed by atoms with E-state index in [4.69, 9.17) is 0 Å². The Labute approximate surface area is 166 Å². The van der Waals surface area contributed by atoms with Crippen LogP contribution in [-0.2, 0) is 9.59 Å². The molecule has 4 aliphatic carbocycles. The summed E-state index contributed by atoms with van der Waals surface area (Å²) in [7, 11) is 0. The third-order valence-corrected chi connectivity index (χ3v) is 6.99. The van der Waals surface area contributed by atoms with Crippen LogP contribution in [0, 0.1) is 30.1 Å². The van der Waals surface area contributed by atoms with Gasteiger partial charge < -0.3 is 0 Å². The first kappa shape index (κ1) is 19.2. The molecule has 0 aliphatic heterocycles. The molecule has 0 spiro atoms. The average Bonchev–Trinajstić information content (AvgIpc) is 2.63. The van der Waals surface area contributed by atoms with Crippen molar-refractivity contribution in [1.82, 2.24) is 10.9 Å². The van der Waals surface area contributed by atoms with E-state index in [1.54, 1.807) is 12.1 Å². The van der Waals surface area contributed by atoms with Gasteiger partial charge in [0.25, 0.3) is 0 Å². The maximum atomic E-state index is 12.4. The van der Waals surface area contributed by atoms with Gasteiger partial charge in [-0.3, -0.25) is 25.2 Å². The average molecular weight is 383 g/mol. The SMILES string of the molecule is Cc1ccc(C(=O)CCC(=O)NNC(=O)CC23CC4CC(CC(C4)C2)C3)cc1. The van der Waals surface area contributed by atoms with Crippen molar-refractivity contribution in [2.75, 3.05) is 0 Å². The highest BCUT2D eigenvalue weighted by Gasteiger charge is 2.51. The lowest BCUT2D eigenvalue weighted by Crippen LogP contribution is -2.50. The molecule has 2 N–H and O–H groups in total. The molecule has 0 unspecified atom stereocenters. The molecule has 0 radical (unpaired) electrons. The number of amides is 2. The number of hydrogen-bond donors (Lipinski definition) is 2. The molecule has 4 bridgehead atoms. The molecular weight excluding hydrogens is 352 g/mol. The summed E-state index contributed by atoms with van der Waals surface area (Å²) in [6.45, 7) is 1.97. The van der Waals surface area contributed by atoms with Crippen molar-refractivity contribution in [1.29, 1.82) is 0 Å². The first-order chi connectivity index (χ1) is 13.4. The second kappa shape index (κ2) is 7.69. The minimum absolute atomic E-state index is 0.0601. The van der Waals surface area contributed by atoms with Crippen LogP contribution in [0.1, 0.15) is 73.7 Å². The monoisotopic (exact) mass is 382 g/mol. The number of carbonyl (C=O) groups excluding carboxylic acids is 3. The molecule has 0 heterocycles. The van der Waals surface area contributed by atoms with Crippen molar-refractivity contribution in [2.45, 2.75) is 64.7 Å². The number of rotatable bonds is 6. The Kier molecular flexibility index (Phi) is 5.26. The fraction of sp³-hybridized carbons (Fsp3) is 0.609. The van der Waals surface area contributed by atoms with Crippen molar-refractivity contribution < 1.29 is 14.4 Å². The summed E-state index contributed by atoms with van der Waals surface area (Å²) in [5, 5.41) is 0. The molecule has 28 heavy (non-hydrogen) atoms. The van der Waals surface area contributed by atoms with Crippen LogP contribution in [0.25, 0.3) is 0 Å². The number of Topliss-reactive ketones (excluding diaryl/α,β-unsaturated/α-hetero) is 1. The molecule has 5 heteroatoms. The van der Waals surface area contributed by atoms with Crippen molar-refractivity contribution >= 4 is 17.6 Å². The molecule has 4 saturated carbocycles. The quantitative estimate of drug-likeness (QED) is 0.582. The minimum Gasteiger partial charge on any atom is -0.294 e. The fourth-order valence-corrected chi connectivity index (χ4v) is 6.20. The zero-order valence-electron chi connectivity index (χ0n) is 16.6. The second-order valence-corrected chi connectivity index (χ2v) is 9.48. The Hall–Kier alpha value is -2.17. The molecule has 0 aromatic heterocycles. The zero-order valence-corrected chi connectivity index (χ0v) is 16.6. The van der Waals surface area contributed by atoms with Crippen LogP contribution < -0.4 is 10.9 Å². The topological polar surface area (TPSA) is 75.3 Å². The van der Waals surface area contributed by atoms with Crippen LogP contribution in [-0.4, -0.2) is 17.6 Å². The molecule has 0 saturated heterocycles. The van der Waals surface area contributed by atoms with Crippen LogP contribution >= 0.6 is 0 Å². The first-order valence-electron chi connectivity index (χ1n) is 10.6. The Balaban J connectivity index is 1.20. The molecular formula is C23H30N2O3. The number of hydrazine groups is 1. The highest BCUT2D eigenvalue weighted by atomic mass is 16.2. The van der Waals surface area contributed by atoms with Crippen LogP contribution in [0.3, 0.4) is 0 Å². The number of nitrogens with one attached hydrogen (secondary N) is 2. The van der Waals surface area contributed by atoms with Gasteiger partial charge in [0.15, 0.2) is 5.78 Å². The molecule has 5 rings (SSSR count). The molecule has 5 nitrogen and oxygen atoms in total. The van der Waals surface area contributed by atoms with E-state index < -0.39 is 0 Å². The Bertz CT molecular complexity index is 733. The molecule has 2 amide bonds. The highest BCUT2D eigenvalue weighted by Crippen LogP contribution is 2.61. The van der Waals surface area contributed by atoms with Crippen LogP contribution in [0.15, 0.2) is 24.3 Å². The largest absolute Gasteiger partial charge is 0.294 e. The standard InChI is InChI=1S/C23H30N2O3/c1-15-2-4-19(5-3-15)20(26)6-7-21(27)24-25-22(28)14-23-11-16-8-17(12-23)10-18(9-16)13-23/h2-5,16-18H,6-14H2,1H3,(H,24,27)(H,25,28). The van der Waals surface area contributed by atoms with Crippen molar-refractivity contribution in [3.8, 4) is 0 Å². The van der Waals surface area contributed by atoms with E-state index in [1.807, 2.05) is 19.1 Å². The maximum absolute atomic E-state index is 12.4. The first-order valence-corrected chi connectivity index (χ1v) is 10.6. The van der Waals surface area contributed by atoms with E-state index in [2.05, 4.69) is 10.9 Å². The molecule has 150 valence electrons. The number of carbonyl (C=O) groups is 3. The van der Waals surface area contributed by atoms with E-state index in [-0.39, 0.29) is 35.9 Å². The molecule has 1 aromatic carbocycles. The molecule has 4 fully saturated rings. The predicted molar refractivity (Wildman–Crippen MR) is 106 cm³/mol. The van der Waals surface area contributed by atoms with Gasteiger partial charge in [0, 0.05) is 24.8 Å². The molecule has 0 atom stereocenters. The Morgan fingerprint density at radius 3 is 1.96 bits per heavy atom. The predicted octanol–water partition coefficient (Wildman–Crippen LogP) is 3.71. The van der Waals surface area contributed by atoms with Gasteiger partial charge in [0.2, 0.25) is 11.8 Å². The smallest absolute Gasteiger partial charge is 0.238 e. The van der Waals surface area contributed by atoms with E-state index in [0.29, 0.717) is 12.0 Å². The number of aryl methyl sites for hydroxylation is 1. The summed E-state index contributed by atoms with van der Waals surface area (Å²) in [6, 6.07) is 7.33. The van der Waals surface area contributed by atoms with Gasteiger partial charge in [0.1, 0.15) is 0 Å². The number of benzene rings is 1. The summed E-state index contributed by atoms with van der Waals surface area (Å²) >= 11 is 0. The Morgan fingerprint density at radius 2 is 1.39 bits per heavy atom. The van der Waals surface area contributed by atoms with Gasteiger partial charge in [-0.05, 0) is 68.6 Å². The number of hydrogen-bond acceptors (Lipinski definition) is 3. The molecule has 4 aliphatic rings. The van der Waals surface area contributed by atoms with Crippen molar-refractivity contribution in [3.63, 3.8) is 0 Å². The van der Waals surface area contributed by atoms with Gasteiger partial charge in [-0.25, -0.2) is 0 Å². The summed E-state index contributed by atoms with van der Waals surface area (Å²) in [4.78, 5) is 36.6. The number of ketones is 1. The second-order valence-electron chi connectivity index (χ2n) is 9.48. The van der Waals surface area contributed by atoms with E-state index >= 15 is 0 Å². The van der Waals surface area contributed by atoms with Gasteiger partial charge in [-0.15, -0.1) is 0 Å². The summed E-state index contributed by atoms with van der Waals surface area (Å²) in [6.07, 6.45) is 8.30. The minimum atomic E-state index is -0.320. The third kappa shape index (κ3) is 4.29. The van der Waals surface area contributed by atoms with Crippen LogP contribution in [0.2, 0.25) is 0 Å². The van der Waals surface area contributed by atoms with E-state index in [1.165, 1.54) is 38.5 Å². The van der Waals surface area contributed by atoms with Gasteiger partial charge >= 0.3 is 0 Å². The van der Waals surface area contributed by atoms with E-state index in [9.17, 15) is 14.4 Å². The van der Waals surface area contributed by atoms with Crippen molar-refractivity contribution in [2.24, 2.45) is 23.2 Å². The van der Waals surface area contributed by atoms with Gasteiger partial charge in [-0.2, -0.15) is 0 Å². The summed E-state index contributed by atoms with van der Waals surface area (Å²) in [5.41, 5.74) is 6.94. The van der Waals surface area contributed by atoms with Gasteiger partial charge in [-0.1, -0.05) is 29.8 Å². The van der Waals surface area contributed by atoms with E-state index in [0.717, 1.165) is 23.3 Å².